The van der Waals surface area contributed by atoms with Crippen molar-refractivity contribution in [3.63, 3.8) is 0 Å². The lowest BCUT2D eigenvalue weighted by Crippen LogP contribution is -2.10. The second kappa shape index (κ2) is 5.29. The Balaban J connectivity index is 2.01. The van der Waals surface area contributed by atoms with Crippen molar-refractivity contribution in [1.29, 1.82) is 0 Å². The zero-order valence-corrected chi connectivity index (χ0v) is 12.2. The van der Waals surface area contributed by atoms with Crippen LogP contribution in [0.3, 0.4) is 0 Å². The number of aromatic carboxylic acids is 1. The lowest BCUT2D eigenvalue weighted by Gasteiger charge is -2.08. The van der Waals surface area contributed by atoms with Crippen molar-refractivity contribution in [2.75, 3.05) is 0 Å². The molecule has 0 unspecified atom stereocenters. The second-order valence-corrected chi connectivity index (χ2v) is 5.74. The third kappa shape index (κ3) is 2.54. The molecule has 1 N–H and O–H groups in total. The van der Waals surface area contributed by atoms with Crippen LogP contribution in [-0.2, 0) is 13.0 Å². The molecule has 0 aliphatic heterocycles. The van der Waals surface area contributed by atoms with Gasteiger partial charge in [0.2, 0.25) is 0 Å². The number of aryl methyl sites for hydroxylation is 3. The topological polar surface area (TPSA) is 55.1 Å². The van der Waals surface area contributed by atoms with Crippen LogP contribution in [0.15, 0.2) is 29.8 Å². The summed E-state index contributed by atoms with van der Waals surface area (Å²) in [7, 11) is 0. The maximum atomic E-state index is 13.3. The van der Waals surface area contributed by atoms with Crippen molar-refractivity contribution >= 4 is 28.2 Å². The van der Waals surface area contributed by atoms with E-state index < -0.39 is 5.97 Å². The van der Waals surface area contributed by atoms with Gasteiger partial charge in [-0.15, -0.1) is 11.3 Å². The fraction of sp³-hybridized carbons (Fsp3) is 0.200. The summed E-state index contributed by atoms with van der Waals surface area (Å²) in [4.78, 5) is 16.7. The summed E-state index contributed by atoms with van der Waals surface area (Å²) in [6, 6.07) is 5.84. The number of benzene rings is 1. The summed E-state index contributed by atoms with van der Waals surface area (Å²) < 4.78 is 15.0. The van der Waals surface area contributed by atoms with Crippen LogP contribution in [-0.4, -0.2) is 20.6 Å². The van der Waals surface area contributed by atoms with Crippen LogP contribution in [0.25, 0.3) is 10.9 Å². The van der Waals surface area contributed by atoms with E-state index in [-0.39, 0.29) is 11.5 Å². The Morgan fingerprint density at radius 2 is 2.24 bits per heavy atom. The minimum absolute atomic E-state index is 0.178. The van der Waals surface area contributed by atoms with Crippen molar-refractivity contribution in [3.05, 3.63) is 51.9 Å². The molecule has 0 spiro atoms. The van der Waals surface area contributed by atoms with E-state index in [0.717, 1.165) is 16.1 Å². The standard InChI is InChI=1S/C15H13FN2O2S/c1-9-14(21-8-17-9)4-5-18-12-3-2-11(16)6-10(12)7-13(18)15(19)20/h2-3,6-8H,4-5H2,1H3,(H,19,20). The molecule has 108 valence electrons. The average Bonchev–Trinajstić information content (AvgIpc) is 2.99. The van der Waals surface area contributed by atoms with Gasteiger partial charge in [0.25, 0.3) is 0 Å². The van der Waals surface area contributed by atoms with Gasteiger partial charge in [-0.05, 0) is 31.2 Å². The van der Waals surface area contributed by atoms with Crippen LogP contribution < -0.4 is 0 Å². The molecule has 0 amide bonds. The molecule has 3 aromatic rings. The molecule has 3 rings (SSSR count). The Bertz CT molecular complexity index is 822. The normalized spacial score (nSPS) is 11.1. The number of fused-ring (bicyclic) bond motifs is 1. The molecular weight excluding hydrogens is 291 g/mol. The molecule has 0 aliphatic rings. The van der Waals surface area contributed by atoms with Crippen LogP contribution in [0.1, 0.15) is 21.1 Å². The van der Waals surface area contributed by atoms with E-state index in [1.165, 1.54) is 18.2 Å². The monoisotopic (exact) mass is 304 g/mol. The molecule has 0 saturated carbocycles. The Kier molecular flexibility index (Phi) is 3.47. The smallest absolute Gasteiger partial charge is 0.352 e. The number of halogens is 1. The predicted molar refractivity (Wildman–Crippen MR) is 79.4 cm³/mol. The van der Waals surface area contributed by atoms with Crippen LogP contribution in [0.2, 0.25) is 0 Å². The first kappa shape index (κ1) is 13.8. The minimum Gasteiger partial charge on any atom is -0.477 e. The van der Waals surface area contributed by atoms with Gasteiger partial charge in [0.15, 0.2) is 0 Å². The third-order valence-corrected chi connectivity index (χ3v) is 4.48. The van der Waals surface area contributed by atoms with Gasteiger partial charge in [0.1, 0.15) is 11.5 Å². The molecule has 4 nitrogen and oxygen atoms in total. The van der Waals surface area contributed by atoms with Crippen molar-refractivity contribution in [1.82, 2.24) is 9.55 Å². The minimum atomic E-state index is -1.01. The largest absolute Gasteiger partial charge is 0.477 e. The third-order valence-electron chi connectivity index (χ3n) is 3.49. The fourth-order valence-electron chi connectivity index (χ4n) is 2.44. The highest BCUT2D eigenvalue weighted by atomic mass is 32.1. The Morgan fingerprint density at radius 3 is 2.90 bits per heavy atom. The summed E-state index contributed by atoms with van der Waals surface area (Å²) in [6.45, 7) is 2.47. The summed E-state index contributed by atoms with van der Waals surface area (Å²) in [5.41, 5.74) is 3.67. The van der Waals surface area contributed by atoms with E-state index in [0.29, 0.717) is 18.4 Å². The molecule has 0 bridgehead atoms. The van der Waals surface area contributed by atoms with E-state index in [2.05, 4.69) is 4.98 Å². The van der Waals surface area contributed by atoms with Gasteiger partial charge in [0.05, 0.1) is 11.2 Å². The fourth-order valence-corrected chi connectivity index (χ4v) is 3.21. The van der Waals surface area contributed by atoms with Gasteiger partial charge in [-0.2, -0.15) is 0 Å². The van der Waals surface area contributed by atoms with Gasteiger partial charge >= 0.3 is 5.97 Å². The Morgan fingerprint density at radius 1 is 1.43 bits per heavy atom. The van der Waals surface area contributed by atoms with E-state index >= 15 is 0 Å². The van der Waals surface area contributed by atoms with Crippen LogP contribution in [0.5, 0.6) is 0 Å². The molecule has 6 heteroatoms. The number of hydrogen-bond donors (Lipinski definition) is 1. The number of hydrogen-bond acceptors (Lipinski definition) is 3. The molecule has 0 fully saturated rings. The highest BCUT2D eigenvalue weighted by molar-refractivity contribution is 7.09. The molecule has 0 atom stereocenters. The van der Waals surface area contributed by atoms with Crippen molar-refractivity contribution in [3.8, 4) is 0 Å². The number of thiazole rings is 1. The molecule has 21 heavy (non-hydrogen) atoms. The predicted octanol–water partition coefficient (Wildman–Crippen LogP) is 3.49. The van der Waals surface area contributed by atoms with E-state index in [1.807, 2.05) is 6.92 Å². The molecule has 0 saturated heterocycles. The van der Waals surface area contributed by atoms with Gasteiger partial charge in [-0.3, -0.25) is 0 Å². The summed E-state index contributed by atoms with van der Waals surface area (Å²) in [5, 5.41) is 9.93. The Hall–Kier alpha value is -2.21. The molecule has 2 aromatic heterocycles. The van der Waals surface area contributed by atoms with E-state index in [1.54, 1.807) is 27.5 Å². The molecule has 1 aromatic carbocycles. The summed E-state index contributed by atoms with van der Waals surface area (Å²) in [5.74, 6) is -1.37. The highest BCUT2D eigenvalue weighted by Crippen LogP contribution is 2.23. The van der Waals surface area contributed by atoms with Crippen molar-refractivity contribution < 1.29 is 14.3 Å². The second-order valence-electron chi connectivity index (χ2n) is 4.80. The molecular formula is C15H13FN2O2S. The number of carboxylic acids is 1. The summed E-state index contributed by atoms with van der Waals surface area (Å²) in [6.07, 6.45) is 0.706. The van der Waals surface area contributed by atoms with Gasteiger partial charge < -0.3 is 9.67 Å². The number of nitrogens with zero attached hydrogens (tertiary/aromatic N) is 2. The first-order valence-electron chi connectivity index (χ1n) is 6.47. The van der Waals surface area contributed by atoms with Gasteiger partial charge in [0, 0.05) is 28.7 Å². The lowest BCUT2D eigenvalue weighted by atomic mass is 10.2. The number of aromatic nitrogens is 2. The average molecular weight is 304 g/mol. The summed E-state index contributed by atoms with van der Waals surface area (Å²) >= 11 is 1.56. The molecule has 0 aliphatic carbocycles. The van der Waals surface area contributed by atoms with Crippen molar-refractivity contribution in [2.45, 2.75) is 19.9 Å². The first-order valence-corrected chi connectivity index (χ1v) is 7.35. The number of carbonyl (C=O) groups is 1. The molecule has 0 radical (unpaired) electrons. The van der Waals surface area contributed by atoms with E-state index in [4.69, 9.17) is 0 Å². The first-order chi connectivity index (χ1) is 10.1. The highest BCUT2D eigenvalue weighted by Gasteiger charge is 2.15. The van der Waals surface area contributed by atoms with Crippen LogP contribution >= 0.6 is 11.3 Å². The molecule has 2 heterocycles. The van der Waals surface area contributed by atoms with Crippen LogP contribution in [0.4, 0.5) is 4.39 Å². The van der Waals surface area contributed by atoms with Gasteiger partial charge in [-0.25, -0.2) is 14.2 Å². The van der Waals surface area contributed by atoms with Gasteiger partial charge in [-0.1, -0.05) is 0 Å². The van der Waals surface area contributed by atoms with E-state index in [9.17, 15) is 14.3 Å². The Labute approximate surface area is 124 Å². The zero-order valence-electron chi connectivity index (χ0n) is 11.3. The SMILES string of the molecule is Cc1ncsc1CCn1c(C(=O)O)cc2cc(F)ccc21. The zero-order chi connectivity index (χ0) is 15.0. The van der Waals surface area contributed by atoms with Crippen molar-refractivity contribution in [2.24, 2.45) is 0 Å². The number of rotatable bonds is 4. The maximum absolute atomic E-state index is 13.3. The quantitative estimate of drug-likeness (QED) is 0.803. The lowest BCUT2D eigenvalue weighted by molar-refractivity contribution is 0.0685. The van der Waals surface area contributed by atoms with Crippen LogP contribution in [0, 0.1) is 12.7 Å². The number of carboxylic acid groups (broad SMARTS) is 1. The maximum Gasteiger partial charge on any atom is 0.352 e.